The van der Waals surface area contributed by atoms with Crippen LogP contribution in [0.15, 0.2) is 0 Å². The maximum atomic E-state index is 8.42. The lowest BCUT2D eigenvalue weighted by molar-refractivity contribution is 0.283. The Hall–Kier alpha value is 0.920. The van der Waals surface area contributed by atoms with Gasteiger partial charge in [0.1, 0.15) is 0 Å². The highest BCUT2D eigenvalue weighted by atomic mass is 79.9. The first-order valence-corrected chi connectivity index (χ1v) is 5.16. The molecule has 0 aromatic heterocycles. The van der Waals surface area contributed by atoms with Crippen molar-refractivity contribution in [3.63, 3.8) is 0 Å². The highest BCUT2D eigenvalue weighted by Gasteiger charge is 1.99. The van der Waals surface area contributed by atoms with Gasteiger partial charge in [0.15, 0.2) is 0 Å². The van der Waals surface area contributed by atoms with Crippen LogP contribution in [0.1, 0.15) is 19.3 Å². The predicted molar refractivity (Wildman–Crippen MR) is 47.4 cm³/mol. The first-order chi connectivity index (χ1) is 4.31. The van der Waals surface area contributed by atoms with Gasteiger partial charge < -0.3 is 5.11 Å². The van der Waals surface area contributed by atoms with Crippen molar-refractivity contribution in [3.05, 3.63) is 0 Å². The van der Waals surface area contributed by atoms with Crippen molar-refractivity contribution in [2.75, 3.05) is 11.9 Å². The van der Waals surface area contributed by atoms with Crippen molar-refractivity contribution in [1.29, 1.82) is 0 Å². The van der Waals surface area contributed by atoms with E-state index < -0.39 is 0 Å². The largest absolute Gasteiger partial charge is 0.396 e. The van der Waals surface area contributed by atoms with E-state index in [0.717, 1.165) is 24.6 Å². The molecule has 0 radical (unpaired) electrons. The van der Waals surface area contributed by atoms with E-state index in [4.69, 9.17) is 5.11 Å². The molecule has 0 amide bonds. The number of rotatable bonds is 5. The minimum absolute atomic E-state index is 0.321. The number of hydrogen-bond donors (Lipinski definition) is 1. The van der Waals surface area contributed by atoms with Gasteiger partial charge in [-0.25, -0.2) is 0 Å². The van der Waals surface area contributed by atoms with Crippen molar-refractivity contribution in [2.24, 2.45) is 0 Å². The lowest BCUT2D eigenvalue weighted by Gasteiger charge is -2.02. The molecule has 0 saturated heterocycles. The molecule has 1 nitrogen and oxygen atoms in total. The Morgan fingerprint density at radius 1 is 1.33 bits per heavy atom. The van der Waals surface area contributed by atoms with Crippen molar-refractivity contribution >= 4 is 31.9 Å². The molecule has 0 aromatic rings. The van der Waals surface area contributed by atoms with Crippen LogP contribution in [0.3, 0.4) is 0 Å². The average Bonchev–Trinajstić information content (AvgIpc) is 1.89. The average molecular weight is 260 g/mol. The molecule has 9 heavy (non-hydrogen) atoms. The summed E-state index contributed by atoms with van der Waals surface area (Å²) >= 11 is 6.84. The highest BCUT2D eigenvalue weighted by molar-refractivity contribution is 9.12. The molecule has 0 heterocycles. The zero-order chi connectivity index (χ0) is 7.11. The number of unbranched alkanes of at least 4 members (excludes halogenated alkanes) is 1. The van der Waals surface area contributed by atoms with E-state index in [1.807, 2.05) is 0 Å². The molecule has 0 aromatic carbocycles. The molecular weight excluding hydrogens is 248 g/mol. The fraction of sp³-hybridized carbons (Fsp3) is 1.00. The van der Waals surface area contributed by atoms with Crippen LogP contribution in [-0.4, -0.2) is 21.9 Å². The second-order valence-corrected chi connectivity index (χ2v) is 3.91. The van der Waals surface area contributed by atoms with Gasteiger partial charge in [0.25, 0.3) is 0 Å². The van der Waals surface area contributed by atoms with Gasteiger partial charge in [0.2, 0.25) is 0 Å². The fourth-order valence-electron chi connectivity index (χ4n) is 0.555. The molecule has 0 aliphatic rings. The molecule has 0 rings (SSSR count). The monoisotopic (exact) mass is 258 g/mol. The van der Waals surface area contributed by atoms with E-state index >= 15 is 0 Å². The van der Waals surface area contributed by atoms with Crippen LogP contribution in [0.4, 0.5) is 0 Å². The quantitative estimate of drug-likeness (QED) is 0.594. The molecule has 56 valence electrons. The van der Waals surface area contributed by atoms with Crippen LogP contribution < -0.4 is 0 Å². The van der Waals surface area contributed by atoms with Gasteiger partial charge in [-0.15, -0.1) is 0 Å². The van der Waals surface area contributed by atoms with Crippen LogP contribution in [0, 0.1) is 0 Å². The van der Waals surface area contributed by atoms with Crippen LogP contribution in [-0.2, 0) is 0 Å². The normalized spacial score (nSPS) is 13.7. The summed E-state index contributed by atoms with van der Waals surface area (Å²) in [6.07, 6.45) is 3.18. The summed E-state index contributed by atoms with van der Waals surface area (Å²) < 4.78 is 0. The summed E-state index contributed by atoms with van der Waals surface area (Å²) in [7, 11) is 0. The summed E-state index contributed by atoms with van der Waals surface area (Å²) in [4.78, 5) is 0.573. The SMILES string of the molecule is OCCCCC(Br)CBr. The predicted octanol–water partition coefficient (Wildman–Crippen LogP) is 2.31. The molecular formula is C6H12Br2O. The van der Waals surface area contributed by atoms with E-state index in [-0.39, 0.29) is 0 Å². The van der Waals surface area contributed by atoms with E-state index in [1.165, 1.54) is 0 Å². The summed E-state index contributed by atoms with van der Waals surface area (Å²) in [5, 5.41) is 9.42. The summed E-state index contributed by atoms with van der Waals surface area (Å²) in [6.45, 7) is 0.321. The van der Waals surface area contributed by atoms with Crippen LogP contribution in [0.2, 0.25) is 0 Å². The highest BCUT2D eigenvalue weighted by Crippen LogP contribution is 2.11. The van der Waals surface area contributed by atoms with Gasteiger partial charge in [-0.3, -0.25) is 0 Å². The Morgan fingerprint density at radius 2 is 2.00 bits per heavy atom. The smallest absolute Gasteiger partial charge is 0.0431 e. The molecule has 1 N–H and O–H groups in total. The van der Waals surface area contributed by atoms with Gasteiger partial charge >= 0.3 is 0 Å². The van der Waals surface area contributed by atoms with Crippen molar-refractivity contribution in [2.45, 2.75) is 24.1 Å². The minimum atomic E-state index is 0.321. The third-order valence-electron chi connectivity index (χ3n) is 1.09. The summed E-state index contributed by atoms with van der Waals surface area (Å²) in [5.41, 5.74) is 0. The second kappa shape index (κ2) is 7.03. The number of aliphatic hydroxyl groups excluding tert-OH is 1. The van der Waals surface area contributed by atoms with E-state index in [9.17, 15) is 0 Å². The third-order valence-corrected chi connectivity index (χ3v) is 3.52. The number of hydrogen-bond acceptors (Lipinski definition) is 1. The van der Waals surface area contributed by atoms with E-state index in [1.54, 1.807) is 0 Å². The zero-order valence-electron chi connectivity index (χ0n) is 5.32. The zero-order valence-corrected chi connectivity index (χ0v) is 8.49. The topological polar surface area (TPSA) is 20.2 Å². The maximum absolute atomic E-state index is 8.42. The molecule has 1 unspecified atom stereocenters. The Morgan fingerprint density at radius 3 is 2.44 bits per heavy atom. The number of aliphatic hydroxyl groups is 1. The lowest BCUT2D eigenvalue weighted by atomic mass is 10.2. The Kier molecular flexibility index (Phi) is 7.75. The van der Waals surface area contributed by atoms with Crippen molar-refractivity contribution in [3.8, 4) is 0 Å². The van der Waals surface area contributed by atoms with Crippen molar-refractivity contribution < 1.29 is 5.11 Å². The summed E-state index contributed by atoms with van der Waals surface area (Å²) in [6, 6.07) is 0. The molecule has 0 aliphatic heterocycles. The van der Waals surface area contributed by atoms with Gasteiger partial charge in [-0.1, -0.05) is 38.3 Å². The first kappa shape index (κ1) is 9.92. The minimum Gasteiger partial charge on any atom is -0.396 e. The standard InChI is InChI=1S/C6H12Br2O/c7-5-6(8)3-1-2-4-9/h6,9H,1-5H2. The molecule has 1 atom stereocenters. The Labute approximate surface area is 73.1 Å². The van der Waals surface area contributed by atoms with Crippen LogP contribution >= 0.6 is 31.9 Å². The van der Waals surface area contributed by atoms with Gasteiger partial charge in [0.05, 0.1) is 0 Å². The molecule has 0 aliphatic carbocycles. The Bertz CT molecular complexity index is 59.0. The van der Waals surface area contributed by atoms with Crippen LogP contribution in [0.5, 0.6) is 0 Å². The molecule has 0 saturated carbocycles. The van der Waals surface area contributed by atoms with Crippen LogP contribution in [0.25, 0.3) is 0 Å². The van der Waals surface area contributed by atoms with Gasteiger partial charge in [-0.05, 0) is 12.8 Å². The number of alkyl halides is 2. The first-order valence-electron chi connectivity index (χ1n) is 3.12. The molecule has 3 heteroatoms. The lowest BCUT2D eigenvalue weighted by Crippen LogP contribution is -1.98. The number of halogens is 2. The fourth-order valence-corrected chi connectivity index (χ4v) is 1.20. The summed E-state index contributed by atoms with van der Waals surface area (Å²) in [5.74, 6) is 0. The molecule has 0 fully saturated rings. The second-order valence-electron chi connectivity index (χ2n) is 1.97. The molecule has 0 bridgehead atoms. The van der Waals surface area contributed by atoms with E-state index in [0.29, 0.717) is 11.4 Å². The third kappa shape index (κ3) is 6.81. The van der Waals surface area contributed by atoms with Gasteiger partial charge in [0, 0.05) is 16.8 Å². The van der Waals surface area contributed by atoms with Gasteiger partial charge in [-0.2, -0.15) is 0 Å². The molecule has 0 spiro atoms. The van der Waals surface area contributed by atoms with E-state index in [2.05, 4.69) is 31.9 Å². The van der Waals surface area contributed by atoms with Crippen molar-refractivity contribution in [1.82, 2.24) is 0 Å². The Balaban J connectivity index is 2.88. The maximum Gasteiger partial charge on any atom is 0.0431 e.